The van der Waals surface area contributed by atoms with E-state index in [9.17, 15) is 4.39 Å². The van der Waals surface area contributed by atoms with Gasteiger partial charge in [-0.3, -0.25) is 4.57 Å². The second-order valence-corrected chi connectivity index (χ2v) is 12.6. The first-order chi connectivity index (χ1) is 11.4. The largest absolute Gasteiger partial charge is 0.361 e. The van der Waals surface area contributed by atoms with E-state index >= 15 is 0 Å². The van der Waals surface area contributed by atoms with Gasteiger partial charge in [0.15, 0.2) is 11.5 Å². The molecular formula is C17H19FN4OSi. The van der Waals surface area contributed by atoms with Crippen LogP contribution in [0.2, 0.25) is 25.7 Å². The van der Waals surface area contributed by atoms with Crippen LogP contribution < -0.4 is 0 Å². The molecule has 0 atom stereocenters. The Morgan fingerprint density at radius 1 is 1.33 bits per heavy atom. The molecule has 0 amide bonds. The van der Waals surface area contributed by atoms with Gasteiger partial charge in [-0.2, -0.15) is 5.26 Å². The van der Waals surface area contributed by atoms with Gasteiger partial charge >= 0.3 is 0 Å². The van der Waals surface area contributed by atoms with Gasteiger partial charge in [-0.05, 0) is 18.2 Å². The molecule has 0 aliphatic rings. The van der Waals surface area contributed by atoms with Crippen LogP contribution in [0, 0.1) is 17.1 Å². The molecule has 0 radical (unpaired) electrons. The Balaban J connectivity index is 2.03. The number of fused-ring (bicyclic) bond motifs is 3. The molecule has 24 heavy (non-hydrogen) atoms. The Kier molecular flexibility index (Phi) is 4.35. The van der Waals surface area contributed by atoms with Crippen LogP contribution in [0.5, 0.6) is 0 Å². The predicted octanol–water partition coefficient (Wildman–Crippen LogP) is 3.91. The van der Waals surface area contributed by atoms with Gasteiger partial charge < -0.3 is 4.74 Å². The zero-order valence-corrected chi connectivity index (χ0v) is 15.0. The smallest absolute Gasteiger partial charge is 0.177 e. The maximum Gasteiger partial charge on any atom is 0.177 e. The lowest BCUT2D eigenvalue weighted by Crippen LogP contribution is -2.22. The molecule has 124 valence electrons. The Morgan fingerprint density at radius 3 is 2.83 bits per heavy atom. The maximum absolute atomic E-state index is 14.6. The quantitative estimate of drug-likeness (QED) is 0.521. The van der Waals surface area contributed by atoms with Crippen molar-refractivity contribution in [2.45, 2.75) is 32.4 Å². The van der Waals surface area contributed by atoms with E-state index in [1.54, 1.807) is 24.4 Å². The number of hydrogen-bond donors (Lipinski definition) is 0. The average Bonchev–Trinajstić information content (AvgIpc) is 2.86. The molecule has 0 aliphatic carbocycles. The van der Waals surface area contributed by atoms with Crippen molar-refractivity contribution in [3.8, 4) is 6.07 Å². The molecule has 0 aliphatic heterocycles. The monoisotopic (exact) mass is 342 g/mol. The second kappa shape index (κ2) is 6.30. The number of rotatable bonds is 5. The van der Waals surface area contributed by atoms with Crippen molar-refractivity contribution < 1.29 is 9.13 Å². The summed E-state index contributed by atoms with van der Waals surface area (Å²) in [6.07, 6.45) is 3.18. The van der Waals surface area contributed by atoms with Crippen LogP contribution in [0.4, 0.5) is 4.39 Å². The molecular weight excluding hydrogens is 323 g/mol. The Bertz CT molecular complexity index is 940. The number of ether oxygens (including phenoxy) is 1. The van der Waals surface area contributed by atoms with Crippen molar-refractivity contribution in [1.29, 1.82) is 5.26 Å². The highest BCUT2D eigenvalue weighted by Gasteiger charge is 2.19. The topological polar surface area (TPSA) is 63.7 Å². The van der Waals surface area contributed by atoms with Crippen molar-refractivity contribution in [1.82, 2.24) is 14.5 Å². The van der Waals surface area contributed by atoms with E-state index in [0.717, 1.165) is 6.04 Å². The summed E-state index contributed by atoms with van der Waals surface area (Å²) >= 11 is 0. The van der Waals surface area contributed by atoms with Gasteiger partial charge in [-0.15, -0.1) is 0 Å². The summed E-state index contributed by atoms with van der Waals surface area (Å²) in [6, 6.07) is 6.40. The summed E-state index contributed by atoms with van der Waals surface area (Å²) in [4.78, 5) is 8.27. The predicted molar refractivity (Wildman–Crippen MR) is 93.8 cm³/mol. The first kappa shape index (κ1) is 16.6. The second-order valence-electron chi connectivity index (χ2n) is 6.94. The fraction of sp³-hybridized carbons (Fsp3) is 0.353. The van der Waals surface area contributed by atoms with Gasteiger partial charge in [-0.1, -0.05) is 19.6 Å². The van der Waals surface area contributed by atoms with Gasteiger partial charge in [-0.25, -0.2) is 14.4 Å². The standard InChI is InChI=1S/C17H19FN4OSi/c1-24(2,3)8-7-23-11-22-14-10-21-13(9-19)16(18)15(14)12-5-4-6-20-17(12)22/h4-6,10H,7-8,11H2,1-3H3. The summed E-state index contributed by atoms with van der Waals surface area (Å²) in [6.45, 7) is 7.83. The van der Waals surface area contributed by atoms with Crippen LogP contribution in [0.25, 0.3) is 21.9 Å². The van der Waals surface area contributed by atoms with E-state index in [4.69, 9.17) is 10.00 Å². The van der Waals surface area contributed by atoms with Gasteiger partial charge in [0, 0.05) is 31.7 Å². The SMILES string of the molecule is C[Si](C)(C)CCOCn1c2cnc(C#N)c(F)c2c2cccnc21. The molecule has 3 aromatic heterocycles. The Morgan fingerprint density at radius 2 is 2.12 bits per heavy atom. The minimum atomic E-state index is -1.17. The molecule has 0 bridgehead atoms. The third-order valence-corrected chi connectivity index (χ3v) is 5.63. The van der Waals surface area contributed by atoms with Gasteiger partial charge in [0.25, 0.3) is 0 Å². The summed E-state index contributed by atoms with van der Waals surface area (Å²) in [5.41, 5.74) is 1.02. The molecule has 0 saturated heterocycles. The molecule has 0 spiro atoms. The normalized spacial score (nSPS) is 12.0. The summed E-state index contributed by atoms with van der Waals surface area (Å²) in [5.74, 6) is -0.603. The van der Waals surface area contributed by atoms with Crippen molar-refractivity contribution in [3.63, 3.8) is 0 Å². The first-order valence-electron chi connectivity index (χ1n) is 7.81. The van der Waals surface area contributed by atoms with E-state index in [1.807, 2.05) is 4.57 Å². The van der Waals surface area contributed by atoms with Crippen molar-refractivity contribution >= 4 is 30.0 Å². The van der Waals surface area contributed by atoms with Crippen LogP contribution in [-0.2, 0) is 11.5 Å². The number of nitrogens with zero attached hydrogens (tertiary/aromatic N) is 4. The number of pyridine rings is 2. The third kappa shape index (κ3) is 3.03. The van der Waals surface area contributed by atoms with Gasteiger partial charge in [0.05, 0.1) is 11.7 Å². The van der Waals surface area contributed by atoms with E-state index in [0.29, 0.717) is 28.5 Å². The van der Waals surface area contributed by atoms with Crippen molar-refractivity contribution in [2.75, 3.05) is 6.61 Å². The lowest BCUT2D eigenvalue weighted by Gasteiger charge is -2.16. The van der Waals surface area contributed by atoms with E-state index < -0.39 is 13.9 Å². The van der Waals surface area contributed by atoms with E-state index in [2.05, 4.69) is 29.6 Å². The summed E-state index contributed by atoms with van der Waals surface area (Å²) in [7, 11) is -1.17. The van der Waals surface area contributed by atoms with E-state index in [1.165, 1.54) is 6.20 Å². The van der Waals surface area contributed by atoms with Crippen LogP contribution in [0.1, 0.15) is 5.69 Å². The van der Waals surface area contributed by atoms with Crippen LogP contribution in [-0.4, -0.2) is 29.2 Å². The van der Waals surface area contributed by atoms with Crippen LogP contribution >= 0.6 is 0 Å². The molecule has 3 heterocycles. The van der Waals surface area contributed by atoms with Crippen molar-refractivity contribution in [2.24, 2.45) is 0 Å². The number of nitriles is 1. The summed E-state index contributed by atoms with van der Waals surface area (Å²) < 4.78 is 22.2. The van der Waals surface area contributed by atoms with Gasteiger partial charge in [0.2, 0.25) is 0 Å². The maximum atomic E-state index is 14.6. The molecule has 3 aromatic rings. The zero-order valence-electron chi connectivity index (χ0n) is 14.0. The van der Waals surface area contributed by atoms with Crippen LogP contribution in [0.3, 0.4) is 0 Å². The highest BCUT2D eigenvalue weighted by atomic mass is 28.3. The lowest BCUT2D eigenvalue weighted by atomic mass is 10.2. The van der Waals surface area contributed by atoms with Crippen LogP contribution in [0.15, 0.2) is 24.5 Å². The molecule has 0 aromatic carbocycles. The number of aromatic nitrogens is 3. The van der Waals surface area contributed by atoms with Crippen molar-refractivity contribution in [3.05, 3.63) is 36.0 Å². The Labute approximate surface area is 140 Å². The molecule has 0 saturated carbocycles. The fourth-order valence-corrected chi connectivity index (χ4v) is 3.36. The summed E-state index contributed by atoms with van der Waals surface area (Å²) in [5, 5.41) is 10.0. The number of halogens is 1. The molecule has 0 unspecified atom stereocenters. The molecule has 3 rings (SSSR count). The molecule has 5 nitrogen and oxygen atoms in total. The minimum absolute atomic E-state index is 0.204. The highest BCUT2D eigenvalue weighted by Crippen LogP contribution is 2.30. The third-order valence-electron chi connectivity index (χ3n) is 3.92. The van der Waals surface area contributed by atoms with Gasteiger partial charge in [0.1, 0.15) is 18.4 Å². The fourth-order valence-electron chi connectivity index (χ4n) is 2.60. The first-order valence-corrected chi connectivity index (χ1v) is 11.5. The zero-order chi connectivity index (χ0) is 17.3. The lowest BCUT2D eigenvalue weighted by molar-refractivity contribution is 0.0925. The number of hydrogen-bond acceptors (Lipinski definition) is 4. The molecule has 0 fully saturated rings. The molecule has 7 heteroatoms. The molecule has 0 N–H and O–H groups in total. The minimum Gasteiger partial charge on any atom is -0.361 e. The Hall–Kier alpha value is -2.30. The average molecular weight is 342 g/mol. The highest BCUT2D eigenvalue weighted by molar-refractivity contribution is 6.76. The van der Waals surface area contributed by atoms with E-state index in [-0.39, 0.29) is 12.4 Å².